The van der Waals surface area contributed by atoms with Crippen molar-refractivity contribution in [1.29, 1.82) is 0 Å². The van der Waals surface area contributed by atoms with Crippen LogP contribution < -0.4 is 5.43 Å². The van der Waals surface area contributed by atoms with Gasteiger partial charge in [0.2, 0.25) is 5.43 Å². The molecular formula is C24H20F3N3O4S. The van der Waals surface area contributed by atoms with Crippen molar-refractivity contribution in [2.45, 2.75) is 26.6 Å². The average Bonchev–Trinajstić information content (AvgIpc) is 3.32. The summed E-state index contributed by atoms with van der Waals surface area (Å²) in [5.74, 6) is -0.781. The van der Waals surface area contributed by atoms with Crippen LogP contribution in [-0.2, 0) is 17.5 Å². The largest absolute Gasteiger partial charge is 0.462 e. The number of aliphatic hydroxyl groups is 1. The number of pyridine rings is 2. The number of hydrogen-bond acceptors (Lipinski definition) is 7. The number of alkyl halides is 3. The molecule has 0 atom stereocenters. The number of hydrogen-bond donors (Lipinski definition) is 1. The van der Waals surface area contributed by atoms with Crippen molar-refractivity contribution >= 4 is 28.2 Å². The van der Waals surface area contributed by atoms with E-state index in [0.29, 0.717) is 27.9 Å². The lowest BCUT2D eigenvalue weighted by Crippen LogP contribution is -2.21. The first-order chi connectivity index (χ1) is 16.6. The van der Waals surface area contributed by atoms with E-state index in [9.17, 15) is 27.9 Å². The molecule has 0 unspecified atom stereocenters. The lowest BCUT2D eigenvalue weighted by molar-refractivity contribution is -0.140. The second-order valence-electron chi connectivity index (χ2n) is 7.65. The predicted octanol–water partition coefficient (Wildman–Crippen LogP) is 4.68. The third kappa shape index (κ3) is 4.82. The zero-order chi connectivity index (χ0) is 25.3. The van der Waals surface area contributed by atoms with E-state index in [1.807, 2.05) is 0 Å². The molecule has 11 heteroatoms. The van der Waals surface area contributed by atoms with Gasteiger partial charge in [0.25, 0.3) is 0 Å². The zero-order valence-electron chi connectivity index (χ0n) is 18.7. The van der Waals surface area contributed by atoms with Gasteiger partial charge in [0.15, 0.2) is 5.69 Å². The molecular weight excluding hydrogens is 483 g/mol. The molecule has 3 heterocycles. The second-order valence-corrected chi connectivity index (χ2v) is 8.51. The van der Waals surface area contributed by atoms with Crippen LogP contribution >= 0.6 is 11.3 Å². The minimum absolute atomic E-state index is 0.0858. The van der Waals surface area contributed by atoms with Crippen LogP contribution in [0.3, 0.4) is 0 Å². The number of esters is 1. The third-order valence-electron chi connectivity index (χ3n) is 5.29. The maximum absolute atomic E-state index is 13.2. The molecule has 4 rings (SSSR count). The molecule has 182 valence electrons. The molecule has 0 amide bonds. The lowest BCUT2D eigenvalue weighted by atomic mass is 9.99. The summed E-state index contributed by atoms with van der Waals surface area (Å²) in [6, 6.07) is 6.55. The predicted molar refractivity (Wildman–Crippen MR) is 125 cm³/mol. The minimum Gasteiger partial charge on any atom is -0.462 e. The molecule has 7 nitrogen and oxygen atoms in total. The van der Waals surface area contributed by atoms with Crippen molar-refractivity contribution in [1.82, 2.24) is 14.5 Å². The van der Waals surface area contributed by atoms with Gasteiger partial charge in [-0.1, -0.05) is 6.07 Å². The normalized spacial score (nSPS) is 11.7. The topological polar surface area (TPSA) is 94.3 Å². The molecule has 0 aliphatic rings. The second kappa shape index (κ2) is 9.59. The van der Waals surface area contributed by atoms with Crippen LogP contribution in [0.5, 0.6) is 0 Å². The molecule has 0 aliphatic carbocycles. The summed E-state index contributed by atoms with van der Waals surface area (Å²) in [4.78, 5) is 33.6. The highest BCUT2D eigenvalue weighted by atomic mass is 32.1. The molecule has 1 aromatic carbocycles. The molecule has 0 radical (unpaired) electrons. The van der Waals surface area contributed by atoms with Gasteiger partial charge in [-0.3, -0.25) is 9.78 Å². The highest BCUT2D eigenvalue weighted by molar-refractivity contribution is 7.13. The van der Waals surface area contributed by atoms with Gasteiger partial charge in [0, 0.05) is 46.5 Å². The smallest absolute Gasteiger partial charge is 0.434 e. The molecule has 3 aromatic heterocycles. The zero-order valence-corrected chi connectivity index (χ0v) is 19.5. The molecule has 0 saturated carbocycles. The Morgan fingerprint density at radius 2 is 2.00 bits per heavy atom. The highest BCUT2D eigenvalue weighted by Gasteiger charge is 2.34. The maximum Gasteiger partial charge on any atom is 0.434 e. The number of thiazole rings is 1. The number of aryl methyl sites for hydroxylation is 1. The molecule has 0 saturated heterocycles. The number of carbonyl (C=O) groups is 1. The van der Waals surface area contributed by atoms with Gasteiger partial charge in [0.05, 0.1) is 18.7 Å². The van der Waals surface area contributed by atoms with E-state index in [0.717, 1.165) is 16.7 Å². The Kier molecular flexibility index (Phi) is 6.73. The number of aliphatic hydroxyl groups excluding tert-OH is 1. The van der Waals surface area contributed by atoms with E-state index >= 15 is 0 Å². The van der Waals surface area contributed by atoms with E-state index in [2.05, 4.69) is 9.97 Å². The van der Waals surface area contributed by atoms with Gasteiger partial charge in [-0.25, -0.2) is 9.78 Å². The van der Waals surface area contributed by atoms with Crippen LogP contribution in [0.1, 0.15) is 28.7 Å². The molecule has 0 fully saturated rings. The summed E-state index contributed by atoms with van der Waals surface area (Å²) >= 11 is 0.861. The first-order valence-corrected chi connectivity index (χ1v) is 11.5. The molecule has 1 N–H and O–H groups in total. The van der Waals surface area contributed by atoms with Crippen LogP contribution in [0.15, 0.2) is 46.8 Å². The van der Waals surface area contributed by atoms with Crippen LogP contribution in [-0.4, -0.2) is 38.8 Å². The number of nitrogens with zero attached hydrogens (tertiary/aromatic N) is 3. The fourth-order valence-corrected chi connectivity index (χ4v) is 4.56. The summed E-state index contributed by atoms with van der Waals surface area (Å²) < 4.78 is 46.0. The fourth-order valence-electron chi connectivity index (χ4n) is 3.71. The number of carbonyl (C=O) groups excluding carboxylic acids is 1. The van der Waals surface area contributed by atoms with Crippen molar-refractivity contribution in [2.24, 2.45) is 0 Å². The monoisotopic (exact) mass is 503 g/mol. The lowest BCUT2D eigenvalue weighted by Gasteiger charge is -2.14. The summed E-state index contributed by atoms with van der Waals surface area (Å²) in [6.45, 7) is 3.34. The summed E-state index contributed by atoms with van der Waals surface area (Å²) in [6.07, 6.45) is -1.70. The molecule has 4 aromatic rings. The molecule has 0 spiro atoms. The summed E-state index contributed by atoms with van der Waals surface area (Å²) in [7, 11) is 0. The van der Waals surface area contributed by atoms with E-state index in [4.69, 9.17) is 4.74 Å². The van der Waals surface area contributed by atoms with Crippen LogP contribution in [0.2, 0.25) is 0 Å². The summed E-state index contributed by atoms with van der Waals surface area (Å²) in [5.41, 5.74) is 0.788. The standard InChI is InChI=1S/C24H20F3N3O4S/c1-3-34-23(33)18-11-30(6-7-31)19-5-4-14(9-16(19)21(18)32)17-10-28-13(2)8-15(17)22-29-20(12-35-22)24(25,26)27/h4-5,8-12,31H,3,6-7H2,1-2H3. The number of benzene rings is 1. The maximum atomic E-state index is 13.2. The number of aromatic nitrogens is 3. The SMILES string of the molecule is CCOC(=O)c1cn(CCO)c2ccc(-c3cnc(C)cc3-c3nc(C(F)(F)F)cs3)cc2c1=O. The Morgan fingerprint density at radius 3 is 2.66 bits per heavy atom. The number of fused-ring (bicyclic) bond motifs is 1. The van der Waals surface area contributed by atoms with Gasteiger partial charge in [-0.15, -0.1) is 11.3 Å². The van der Waals surface area contributed by atoms with Crippen molar-refractivity contribution in [3.8, 4) is 21.7 Å². The molecule has 0 aliphatic heterocycles. The molecule has 35 heavy (non-hydrogen) atoms. The van der Waals surface area contributed by atoms with Crippen molar-refractivity contribution in [3.05, 3.63) is 69.2 Å². The quantitative estimate of drug-likeness (QED) is 0.384. The Hall–Kier alpha value is -3.57. The van der Waals surface area contributed by atoms with Gasteiger partial charge in [0.1, 0.15) is 10.6 Å². The van der Waals surface area contributed by atoms with Crippen molar-refractivity contribution in [2.75, 3.05) is 13.2 Å². The van der Waals surface area contributed by atoms with Crippen LogP contribution in [0, 0.1) is 6.92 Å². The van der Waals surface area contributed by atoms with E-state index in [-0.39, 0.29) is 35.7 Å². The molecule has 0 bridgehead atoms. The number of rotatable bonds is 6. The minimum atomic E-state index is -4.57. The summed E-state index contributed by atoms with van der Waals surface area (Å²) in [5, 5.41) is 10.8. The van der Waals surface area contributed by atoms with Gasteiger partial charge < -0.3 is 14.4 Å². The number of ether oxygens (including phenoxy) is 1. The van der Waals surface area contributed by atoms with Crippen LogP contribution in [0.25, 0.3) is 32.6 Å². The number of halogens is 3. The van der Waals surface area contributed by atoms with E-state index < -0.39 is 23.3 Å². The van der Waals surface area contributed by atoms with Gasteiger partial charge >= 0.3 is 12.1 Å². The van der Waals surface area contributed by atoms with Gasteiger partial charge in [-0.2, -0.15) is 13.2 Å². The average molecular weight is 504 g/mol. The Labute approximate surface area is 201 Å². The Morgan fingerprint density at radius 1 is 1.23 bits per heavy atom. The third-order valence-corrected chi connectivity index (χ3v) is 6.17. The Bertz CT molecular complexity index is 1480. The van der Waals surface area contributed by atoms with E-state index in [1.165, 1.54) is 12.4 Å². The van der Waals surface area contributed by atoms with Gasteiger partial charge in [-0.05, 0) is 37.6 Å². The van der Waals surface area contributed by atoms with Crippen molar-refractivity contribution in [3.63, 3.8) is 0 Å². The van der Waals surface area contributed by atoms with Crippen molar-refractivity contribution < 1.29 is 27.8 Å². The Balaban J connectivity index is 1.93. The van der Waals surface area contributed by atoms with E-state index in [1.54, 1.807) is 42.7 Å². The fraction of sp³-hybridized carbons (Fsp3) is 0.250. The first-order valence-electron chi connectivity index (χ1n) is 10.6. The first kappa shape index (κ1) is 24.6. The van der Waals surface area contributed by atoms with Crippen LogP contribution in [0.4, 0.5) is 13.2 Å². The highest BCUT2D eigenvalue weighted by Crippen LogP contribution is 2.38.